The molecule has 142 valence electrons. The Labute approximate surface area is 150 Å². The molecule has 0 spiro atoms. The zero-order valence-corrected chi connectivity index (χ0v) is 15.2. The highest BCUT2D eigenvalue weighted by molar-refractivity contribution is 6.05. The Bertz CT molecular complexity index is 880. The molecule has 2 aromatic heterocycles. The zero-order valence-electron chi connectivity index (χ0n) is 15.2. The van der Waals surface area contributed by atoms with Crippen molar-refractivity contribution in [2.24, 2.45) is 0 Å². The van der Waals surface area contributed by atoms with Gasteiger partial charge in [0.25, 0.3) is 11.5 Å². The van der Waals surface area contributed by atoms with Crippen LogP contribution in [0.4, 0.5) is 11.5 Å². The van der Waals surface area contributed by atoms with Gasteiger partial charge in [-0.25, -0.2) is 4.79 Å². The van der Waals surface area contributed by atoms with Crippen molar-refractivity contribution in [2.75, 3.05) is 30.9 Å². The number of amides is 1. The molecule has 0 aliphatic carbocycles. The summed E-state index contributed by atoms with van der Waals surface area (Å²) in [5.41, 5.74) is 4.68. The summed E-state index contributed by atoms with van der Waals surface area (Å²) in [6.45, 7) is 4.29. The van der Waals surface area contributed by atoms with Gasteiger partial charge < -0.3 is 14.9 Å². The number of nitrogen functional groups attached to an aromatic ring is 1. The average molecular weight is 364 g/mol. The fourth-order valence-corrected chi connectivity index (χ4v) is 2.56. The van der Waals surface area contributed by atoms with E-state index in [0.717, 1.165) is 6.42 Å². The van der Waals surface area contributed by atoms with Crippen molar-refractivity contribution in [3.8, 4) is 0 Å². The second-order valence-electron chi connectivity index (χ2n) is 5.86. The van der Waals surface area contributed by atoms with Gasteiger partial charge in [-0.1, -0.05) is 13.3 Å². The Morgan fingerprint density at radius 1 is 1.38 bits per heavy atom. The Morgan fingerprint density at radius 3 is 2.69 bits per heavy atom. The molecule has 3 N–H and O–H groups in total. The van der Waals surface area contributed by atoms with E-state index in [0.29, 0.717) is 18.7 Å². The van der Waals surface area contributed by atoms with E-state index in [4.69, 9.17) is 14.9 Å². The predicted octanol–water partition coefficient (Wildman–Crippen LogP) is 1.11. The van der Waals surface area contributed by atoms with Crippen LogP contribution in [0.25, 0.3) is 0 Å². The van der Waals surface area contributed by atoms with Crippen molar-refractivity contribution < 1.29 is 13.9 Å². The number of nitrogens with one attached hydrogen (secondary N) is 1. The molecular formula is C17H24N4O5. The number of carbonyl (C=O) groups is 1. The lowest BCUT2D eigenvalue weighted by Crippen LogP contribution is -2.42. The van der Waals surface area contributed by atoms with Gasteiger partial charge in [-0.15, -0.1) is 0 Å². The summed E-state index contributed by atoms with van der Waals surface area (Å²) in [5.74, 6) is 0.0477. The summed E-state index contributed by atoms with van der Waals surface area (Å²) < 4.78 is 11.7. The van der Waals surface area contributed by atoms with E-state index in [9.17, 15) is 14.4 Å². The third kappa shape index (κ3) is 4.05. The second kappa shape index (κ2) is 8.52. The number of carbonyl (C=O) groups excluding carboxylic acids is 1. The maximum atomic E-state index is 12.9. The molecule has 1 amide bonds. The van der Waals surface area contributed by atoms with E-state index in [2.05, 4.69) is 4.98 Å². The molecule has 0 fully saturated rings. The van der Waals surface area contributed by atoms with Gasteiger partial charge in [0, 0.05) is 13.7 Å². The van der Waals surface area contributed by atoms with Crippen LogP contribution in [0.5, 0.6) is 0 Å². The van der Waals surface area contributed by atoms with E-state index < -0.39 is 17.2 Å². The first kappa shape index (κ1) is 19.5. The summed E-state index contributed by atoms with van der Waals surface area (Å²) in [4.78, 5) is 40.8. The summed E-state index contributed by atoms with van der Waals surface area (Å²) in [7, 11) is 1.48. The number of unbranched alkanes of at least 4 members (excludes halogenated alkanes) is 1. The van der Waals surface area contributed by atoms with Gasteiger partial charge in [0.15, 0.2) is 11.4 Å². The maximum Gasteiger partial charge on any atom is 0.330 e. The number of furan rings is 1. The highest BCUT2D eigenvalue weighted by atomic mass is 16.5. The molecule has 0 atom stereocenters. The van der Waals surface area contributed by atoms with Crippen LogP contribution in [-0.4, -0.2) is 35.7 Å². The van der Waals surface area contributed by atoms with Crippen LogP contribution >= 0.6 is 0 Å². The number of rotatable bonds is 8. The predicted molar refractivity (Wildman–Crippen MR) is 97.6 cm³/mol. The Kier molecular flexibility index (Phi) is 6.40. The van der Waals surface area contributed by atoms with Crippen LogP contribution in [0.1, 0.15) is 36.1 Å². The minimum Gasteiger partial charge on any atom is -0.456 e. The normalized spacial score (nSPS) is 10.9. The van der Waals surface area contributed by atoms with E-state index >= 15 is 0 Å². The van der Waals surface area contributed by atoms with Gasteiger partial charge in [0.05, 0.1) is 13.2 Å². The molecule has 0 unspecified atom stereocenters. The quantitative estimate of drug-likeness (QED) is 0.723. The van der Waals surface area contributed by atoms with E-state index in [1.165, 1.54) is 22.6 Å². The molecule has 0 saturated heterocycles. The number of aromatic nitrogens is 2. The van der Waals surface area contributed by atoms with Crippen molar-refractivity contribution in [2.45, 2.75) is 33.2 Å². The van der Waals surface area contributed by atoms with Gasteiger partial charge in [-0.2, -0.15) is 0 Å². The SMILES string of the molecule is CCCCn1c(N)c(N(CCOC)C(=O)c2ccc(C)o2)c(=O)[nH]c1=O. The van der Waals surface area contributed by atoms with Gasteiger partial charge in [0.1, 0.15) is 11.6 Å². The summed E-state index contributed by atoms with van der Waals surface area (Å²) in [6, 6.07) is 3.17. The van der Waals surface area contributed by atoms with Gasteiger partial charge in [-0.05, 0) is 25.5 Å². The average Bonchev–Trinajstić information content (AvgIpc) is 3.03. The van der Waals surface area contributed by atoms with Gasteiger partial charge in [-0.3, -0.25) is 24.0 Å². The van der Waals surface area contributed by atoms with Crippen LogP contribution in [-0.2, 0) is 11.3 Å². The fourth-order valence-electron chi connectivity index (χ4n) is 2.56. The Morgan fingerprint density at radius 2 is 2.12 bits per heavy atom. The molecule has 26 heavy (non-hydrogen) atoms. The number of ether oxygens (including phenoxy) is 1. The fraction of sp³-hybridized carbons (Fsp3) is 0.471. The van der Waals surface area contributed by atoms with Crippen molar-refractivity contribution >= 4 is 17.4 Å². The number of nitrogens with zero attached hydrogens (tertiary/aromatic N) is 2. The van der Waals surface area contributed by atoms with E-state index in [1.807, 2.05) is 6.92 Å². The highest BCUT2D eigenvalue weighted by Crippen LogP contribution is 2.20. The topological polar surface area (TPSA) is 124 Å². The molecule has 0 aliphatic heterocycles. The number of nitrogens with two attached hydrogens (primary N) is 1. The summed E-state index contributed by atoms with van der Waals surface area (Å²) >= 11 is 0. The number of anilines is 2. The van der Waals surface area contributed by atoms with Crippen molar-refractivity contribution in [1.82, 2.24) is 9.55 Å². The molecule has 0 aliphatic rings. The van der Waals surface area contributed by atoms with Gasteiger partial charge >= 0.3 is 5.69 Å². The number of H-pyrrole nitrogens is 1. The Hall–Kier alpha value is -2.81. The molecule has 9 nitrogen and oxygen atoms in total. The minimum atomic E-state index is -0.729. The molecule has 0 bridgehead atoms. The third-order valence-corrected chi connectivity index (χ3v) is 3.93. The van der Waals surface area contributed by atoms with E-state index in [1.54, 1.807) is 13.0 Å². The molecule has 0 aromatic carbocycles. The molecule has 2 aromatic rings. The number of hydrogen-bond acceptors (Lipinski definition) is 6. The number of hydrogen-bond donors (Lipinski definition) is 2. The monoisotopic (exact) mass is 364 g/mol. The largest absolute Gasteiger partial charge is 0.456 e. The second-order valence-corrected chi connectivity index (χ2v) is 5.86. The first-order valence-electron chi connectivity index (χ1n) is 8.40. The van der Waals surface area contributed by atoms with Gasteiger partial charge in [0.2, 0.25) is 0 Å². The zero-order chi connectivity index (χ0) is 19.3. The Balaban J connectivity index is 2.55. The third-order valence-electron chi connectivity index (χ3n) is 3.93. The molecule has 9 heteroatoms. The molecule has 2 heterocycles. The first-order chi connectivity index (χ1) is 12.4. The van der Waals surface area contributed by atoms with Crippen LogP contribution in [0, 0.1) is 6.92 Å². The first-order valence-corrected chi connectivity index (χ1v) is 8.40. The molecular weight excluding hydrogens is 340 g/mol. The van der Waals surface area contributed by atoms with Crippen LogP contribution in [0.2, 0.25) is 0 Å². The van der Waals surface area contributed by atoms with Crippen LogP contribution in [0.15, 0.2) is 26.1 Å². The van der Waals surface area contributed by atoms with Crippen molar-refractivity contribution in [3.63, 3.8) is 0 Å². The lowest BCUT2D eigenvalue weighted by molar-refractivity contribution is 0.0947. The molecule has 2 rings (SSSR count). The molecule has 0 saturated carbocycles. The van der Waals surface area contributed by atoms with Crippen LogP contribution in [0.3, 0.4) is 0 Å². The lowest BCUT2D eigenvalue weighted by atomic mass is 10.3. The highest BCUT2D eigenvalue weighted by Gasteiger charge is 2.26. The van der Waals surface area contributed by atoms with Crippen LogP contribution < -0.4 is 21.9 Å². The standard InChI is InChI=1S/C17H24N4O5/c1-4-5-8-21-14(18)13(15(22)19-17(21)24)20(9-10-25-3)16(23)12-7-6-11(2)26-12/h6-7H,4-5,8-10,18H2,1-3H3,(H,19,22,24). The summed E-state index contributed by atoms with van der Waals surface area (Å²) in [5, 5.41) is 0. The number of methoxy groups -OCH3 is 1. The smallest absolute Gasteiger partial charge is 0.330 e. The lowest BCUT2D eigenvalue weighted by Gasteiger charge is -2.23. The van der Waals surface area contributed by atoms with Crippen molar-refractivity contribution in [1.29, 1.82) is 0 Å². The van der Waals surface area contributed by atoms with Crippen molar-refractivity contribution in [3.05, 3.63) is 44.5 Å². The van der Waals surface area contributed by atoms with E-state index in [-0.39, 0.29) is 30.4 Å². The number of aryl methyl sites for hydroxylation is 1. The minimum absolute atomic E-state index is 0.0556. The molecule has 0 radical (unpaired) electrons. The summed E-state index contributed by atoms with van der Waals surface area (Å²) in [6.07, 6.45) is 1.55. The number of aromatic amines is 1. The maximum absolute atomic E-state index is 12.9.